The lowest BCUT2D eigenvalue weighted by Crippen LogP contribution is -2.36. The second-order valence-electron chi connectivity index (χ2n) is 5.80. The molecule has 1 saturated heterocycles. The van der Waals surface area contributed by atoms with Gasteiger partial charge in [0.2, 0.25) is 0 Å². The molecule has 0 N–H and O–H groups in total. The van der Waals surface area contributed by atoms with E-state index in [0.717, 1.165) is 29.8 Å². The molecule has 0 saturated carbocycles. The van der Waals surface area contributed by atoms with E-state index in [1.165, 1.54) is 0 Å². The van der Waals surface area contributed by atoms with Gasteiger partial charge in [-0.15, -0.1) is 0 Å². The van der Waals surface area contributed by atoms with Crippen molar-refractivity contribution >= 4 is 16.7 Å². The molecule has 2 heterocycles. The fraction of sp³-hybridized carbons (Fsp3) is 0.556. The summed E-state index contributed by atoms with van der Waals surface area (Å²) in [6.45, 7) is 4.86. The minimum atomic E-state index is 0.434. The number of benzene rings is 1. The van der Waals surface area contributed by atoms with Crippen molar-refractivity contribution in [2.45, 2.75) is 0 Å². The van der Waals surface area contributed by atoms with Gasteiger partial charge in [0, 0.05) is 38.8 Å². The molecule has 8 nitrogen and oxygen atoms in total. The predicted molar refractivity (Wildman–Crippen MR) is 97.3 cm³/mol. The molecule has 0 unspecified atom stereocenters. The number of hydrogen-bond donors (Lipinski definition) is 0. The maximum atomic E-state index is 5.87. The molecule has 0 aliphatic carbocycles. The van der Waals surface area contributed by atoms with E-state index in [1.807, 2.05) is 12.1 Å². The van der Waals surface area contributed by atoms with Crippen molar-refractivity contribution in [3.63, 3.8) is 0 Å². The molecule has 2 aromatic rings. The summed E-state index contributed by atoms with van der Waals surface area (Å²) in [6, 6.07) is 3.83. The number of morpholine rings is 1. The van der Waals surface area contributed by atoms with Gasteiger partial charge in [-0.3, -0.25) is 0 Å². The van der Waals surface area contributed by atoms with E-state index in [2.05, 4.69) is 14.9 Å². The van der Waals surface area contributed by atoms with Crippen molar-refractivity contribution in [3.8, 4) is 11.5 Å². The second-order valence-corrected chi connectivity index (χ2v) is 5.80. The normalized spacial score (nSPS) is 14.6. The van der Waals surface area contributed by atoms with Crippen molar-refractivity contribution in [2.75, 3.05) is 71.9 Å². The van der Waals surface area contributed by atoms with Gasteiger partial charge in [-0.1, -0.05) is 0 Å². The molecule has 1 fully saturated rings. The number of nitrogens with zero attached hydrogens (tertiary/aromatic N) is 3. The number of ether oxygens (including phenoxy) is 5. The van der Waals surface area contributed by atoms with Crippen LogP contribution in [-0.4, -0.2) is 76.9 Å². The Morgan fingerprint density at radius 3 is 2.23 bits per heavy atom. The maximum Gasteiger partial charge on any atom is 0.163 e. The molecule has 0 bridgehead atoms. The molecular formula is C18H25N3O5. The average Bonchev–Trinajstić information content (AvgIpc) is 2.69. The first-order valence-electron chi connectivity index (χ1n) is 8.68. The Hall–Kier alpha value is -2.16. The van der Waals surface area contributed by atoms with Gasteiger partial charge in [-0.05, 0) is 6.07 Å². The van der Waals surface area contributed by atoms with Crippen molar-refractivity contribution in [2.24, 2.45) is 0 Å². The molecule has 142 valence electrons. The van der Waals surface area contributed by atoms with Crippen LogP contribution in [0, 0.1) is 0 Å². The third-order valence-corrected chi connectivity index (χ3v) is 4.08. The number of methoxy groups -OCH3 is 2. The monoisotopic (exact) mass is 363 g/mol. The van der Waals surface area contributed by atoms with Crippen LogP contribution in [0.2, 0.25) is 0 Å². The molecule has 1 aliphatic rings. The summed E-state index contributed by atoms with van der Waals surface area (Å²) in [5.41, 5.74) is 0.813. The highest BCUT2D eigenvalue weighted by molar-refractivity contribution is 5.92. The van der Waals surface area contributed by atoms with Crippen molar-refractivity contribution in [1.82, 2.24) is 9.97 Å². The topological polar surface area (TPSA) is 75.2 Å². The summed E-state index contributed by atoms with van der Waals surface area (Å²) in [5, 5.41) is 0.931. The number of fused-ring (bicyclic) bond motifs is 1. The quantitative estimate of drug-likeness (QED) is 0.621. The van der Waals surface area contributed by atoms with Crippen molar-refractivity contribution < 1.29 is 23.7 Å². The zero-order valence-corrected chi connectivity index (χ0v) is 15.3. The third-order valence-electron chi connectivity index (χ3n) is 4.08. The van der Waals surface area contributed by atoms with Gasteiger partial charge in [-0.2, -0.15) is 0 Å². The van der Waals surface area contributed by atoms with E-state index in [9.17, 15) is 0 Å². The molecular weight excluding hydrogens is 338 g/mol. The Kier molecular flexibility index (Phi) is 6.82. The minimum Gasteiger partial charge on any atom is -0.487 e. The zero-order chi connectivity index (χ0) is 18.2. The average molecular weight is 363 g/mol. The lowest BCUT2D eigenvalue weighted by atomic mass is 10.2. The molecule has 0 atom stereocenters. The van der Waals surface area contributed by atoms with Gasteiger partial charge in [0.25, 0.3) is 0 Å². The van der Waals surface area contributed by atoms with E-state index in [4.69, 9.17) is 23.7 Å². The van der Waals surface area contributed by atoms with Gasteiger partial charge in [0.1, 0.15) is 25.4 Å². The Morgan fingerprint density at radius 1 is 0.923 bits per heavy atom. The summed E-state index contributed by atoms with van der Waals surface area (Å²) in [7, 11) is 3.28. The number of aromatic nitrogens is 2. The molecule has 0 spiro atoms. The van der Waals surface area contributed by atoms with E-state index in [-0.39, 0.29) is 0 Å². The minimum absolute atomic E-state index is 0.434. The lowest BCUT2D eigenvalue weighted by molar-refractivity contribution is 0.122. The van der Waals surface area contributed by atoms with Crippen molar-refractivity contribution in [3.05, 3.63) is 18.5 Å². The van der Waals surface area contributed by atoms with E-state index >= 15 is 0 Å². The number of anilines is 1. The van der Waals surface area contributed by atoms with Crippen molar-refractivity contribution in [1.29, 1.82) is 0 Å². The summed E-state index contributed by atoms with van der Waals surface area (Å²) in [6.07, 6.45) is 1.58. The van der Waals surface area contributed by atoms with Crippen LogP contribution in [0.15, 0.2) is 18.5 Å². The summed E-state index contributed by atoms with van der Waals surface area (Å²) in [5.74, 6) is 2.17. The molecule has 1 aromatic heterocycles. The Balaban J connectivity index is 1.93. The highest BCUT2D eigenvalue weighted by Crippen LogP contribution is 2.35. The van der Waals surface area contributed by atoms with Crippen LogP contribution in [0.3, 0.4) is 0 Å². The van der Waals surface area contributed by atoms with Gasteiger partial charge in [0.05, 0.1) is 31.9 Å². The smallest absolute Gasteiger partial charge is 0.163 e. The maximum absolute atomic E-state index is 5.87. The zero-order valence-electron chi connectivity index (χ0n) is 15.3. The third kappa shape index (κ3) is 4.51. The molecule has 1 aliphatic heterocycles. The van der Waals surface area contributed by atoms with Crippen LogP contribution < -0.4 is 14.4 Å². The summed E-state index contributed by atoms with van der Waals surface area (Å²) in [4.78, 5) is 11.1. The van der Waals surface area contributed by atoms with Gasteiger partial charge < -0.3 is 28.6 Å². The van der Waals surface area contributed by atoms with Gasteiger partial charge in [0.15, 0.2) is 11.5 Å². The molecule has 3 rings (SSSR count). The molecule has 26 heavy (non-hydrogen) atoms. The van der Waals surface area contributed by atoms with Crippen LogP contribution in [0.25, 0.3) is 10.9 Å². The Labute approximate surface area is 153 Å². The first kappa shape index (κ1) is 18.6. The first-order chi connectivity index (χ1) is 12.8. The van der Waals surface area contributed by atoms with E-state index < -0.39 is 0 Å². The predicted octanol–water partition coefficient (Wildman–Crippen LogP) is 1.52. The largest absolute Gasteiger partial charge is 0.487 e. The highest BCUT2D eigenvalue weighted by atomic mass is 16.5. The molecule has 0 amide bonds. The van der Waals surface area contributed by atoms with E-state index in [0.29, 0.717) is 51.1 Å². The molecule has 8 heteroatoms. The highest BCUT2D eigenvalue weighted by Gasteiger charge is 2.18. The Morgan fingerprint density at radius 2 is 1.58 bits per heavy atom. The number of rotatable bonds is 9. The van der Waals surface area contributed by atoms with Gasteiger partial charge >= 0.3 is 0 Å². The molecule has 1 aromatic carbocycles. The van der Waals surface area contributed by atoms with E-state index in [1.54, 1.807) is 20.5 Å². The van der Waals surface area contributed by atoms with Gasteiger partial charge in [-0.25, -0.2) is 9.97 Å². The Bertz CT molecular complexity index is 707. The summed E-state index contributed by atoms with van der Waals surface area (Å²) >= 11 is 0. The fourth-order valence-corrected chi connectivity index (χ4v) is 2.77. The van der Waals surface area contributed by atoms with Crippen LogP contribution in [0.5, 0.6) is 11.5 Å². The van der Waals surface area contributed by atoms with Crippen LogP contribution in [0.4, 0.5) is 5.82 Å². The second kappa shape index (κ2) is 9.51. The van der Waals surface area contributed by atoms with Crippen LogP contribution >= 0.6 is 0 Å². The lowest BCUT2D eigenvalue weighted by Gasteiger charge is -2.28. The van der Waals surface area contributed by atoms with Crippen LogP contribution in [-0.2, 0) is 14.2 Å². The number of hydrogen-bond acceptors (Lipinski definition) is 8. The fourth-order valence-electron chi connectivity index (χ4n) is 2.77. The standard InChI is InChI=1S/C18H25N3O5/c1-22-7-9-25-16-11-14-15(12-17(16)26-10-8-23-2)19-13-20-18(14)21-3-5-24-6-4-21/h11-13H,3-10H2,1-2H3. The first-order valence-corrected chi connectivity index (χ1v) is 8.68. The van der Waals surface area contributed by atoms with Crippen LogP contribution in [0.1, 0.15) is 0 Å². The molecule has 0 radical (unpaired) electrons. The SMILES string of the molecule is COCCOc1cc2ncnc(N3CCOCC3)c2cc1OCCOC. The summed E-state index contributed by atoms with van der Waals surface area (Å²) < 4.78 is 27.3.